The van der Waals surface area contributed by atoms with Gasteiger partial charge in [0.05, 0.1) is 5.02 Å². The van der Waals surface area contributed by atoms with Crippen LogP contribution in [-0.2, 0) is 6.54 Å². The lowest BCUT2D eigenvalue weighted by Crippen LogP contribution is -2.26. The molecule has 15 heavy (non-hydrogen) atoms. The molecule has 1 saturated heterocycles. The molecule has 4 heteroatoms. The third-order valence-electron chi connectivity index (χ3n) is 3.10. The van der Waals surface area contributed by atoms with E-state index in [0.717, 1.165) is 24.7 Å². The van der Waals surface area contributed by atoms with Gasteiger partial charge in [0.25, 0.3) is 0 Å². The van der Waals surface area contributed by atoms with E-state index in [1.165, 1.54) is 11.3 Å². The molecule has 2 atom stereocenters. The van der Waals surface area contributed by atoms with Crippen LogP contribution >= 0.6 is 22.9 Å². The van der Waals surface area contributed by atoms with Crippen molar-refractivity contribution in [3.05, 3.63) is 21.3 Å². The molecular weight excluding hydrogens is 228 g/mol. The summed E-state index contributed by atoms with van der Waals surface area (Å²) in [6, 6.07) is 2.72. The van der Waals surface area contributed by atoms with Crippen molar-refractivity contribution in [3.63, 3.8) is 0 Å². The first kappa shape index (κ1) is 11.4. The van der Waals surface area contributed by atoms with Crippen molar-refractivity contribution in [2.24, 2.45) is 11.7 Å². The van der Waals surface area contributed by atoms with E-state index < -0.39 is 0 Å². The number of hydrogen-bond acceptors (Lipinski definition) is 3. The van der Waals surface area contributed by atoms with E-state index in [2.05, 4.69) is 17.9 Å². The predicted molar refractivity (Wildman–Crippen MR) is 66.4 cm³/mol. The summed E-state index contributed by atoms with van der Waals surface area (Å²) in [5, 5.41) is 2.86. The molecule has 84 valence electrons. The Morgan fingerprint density at radius 2 is 2.47 bits per heavy atom. The number of nitrogens with zero attached hydrogens (tertiary/aromatic N) is 1. The number of likely N-dealkylation sites (tertiary alicyclic amines) is 1. The highest BCUT2D eigenvalue weighted by atomic mass is 35.5. The van der Waals surface area contributed by atoms with Crippen molar-refractivity contribution in [3.8, 4) is 0 Å². The van der Waals surface area contributed by atoms with Gasteiger partial charge in [-0.05, 0) is 31.9 Å². The van der Waals surface area contributed by atoms with Crippen LogP contribution in [0, 0.1) is 5.92 Å². The molecular formula is C11H17ClN2S. The molecule has 2 nitrogen and oxygen atoms in total. The van der Waals surface area contributed by atoms with Crippen LogP contribution in [0.2, 0.25) is 5.02 Å². The van der Waals surface area contributed by atoms with Crippen LogP contribution in [0.25, 0.3) is 0 Å². The molecule has 1 aliphatic rings. The fraction of sp³-hybridized carbons (Fsp3) is 0.636. The van der Waals surface area contributed by atoms with Gasteiger partial charge in [0.15, 0.2) is 0 Å². The largest absolute Gasteiger partial charge is 0.330 e. The van der Waals surface area contributed by atoms with Crippen LogP contribution in [0.3, 0.4) is 0 Å². The zero-order valence-electron chi connectivity index (χ0n) is 8.95. The molecule has 1 fully saturated rings. The lowest BCUT2D eigenvalue weighted by Gasteiger charge is -2.19. The molecule has 0 amide bonds. The summed E-state index contributed by atoms with van der Waals surface area (Å²) in [5.41, 5.74) is 5.71. The van der Waals surface area contributed by atoms with Gasteiger partial charge >= 0.3 is 0 Å². The summed E-state index contributed by atoms with van der Waals surface area (Å²) >= 11 is 7.65. The number of nitrogens with two attached hydrogens (primary N) is 1. The van der Waals surface area contributed by atoms with Gasteiger partial charge in [0, 0.05) is 29.4 Å². The van der Waals surface area contributed by atoms with Crippen LogP contribution in [0.15, 0.2) is 11.4 Å². The highest BCUT2D eigenvalue weighted by Crippen LogP contribution is 2.27. The molecule has 0 saturated carbocycles. The molecule has 2 unspecified atom stereocenters. The minimum Gasteiger partial charge on any atom is -0.330 e. The molecule has 0 bridgehead atoms. The summed E-state index contributed by atoms with van der Waals surface area (Å²) in [6.07, 6.45) is 1.23. The van der Waals surface area contributed by atoms with Gasteiger partial charge in [-0.15, -0.1) is 11.3 Å². The molecule has 2 heterocycles. The van der Waals surface area contributed by atoms with Crippen molar-refractivity contribution >= 4 is 22.9 Å². The summed E-state index contributed by atoms with van der Waals surface area (Å²) in [6.45, 7) is 5.25. The van der Waals surface area contributed by atoms with Crippen LogP contribution in [0.1, 0.15) is 18.2 Å². The van der Waals surface area contributed by atoms with E-state index in [1.54, 1.807) is 11.3 Å². The molecule has 1 aromatic heterocycles. The standard InChI is InChI=1S/C11H17ClN2S/c1-8-2-9(4-13)5-14(8)6-11-3-10(12)7-15-11/h3,7-9H,2,4-6,13H2,1H3. The Hall–Kier alpha value is -0.0900. The Balaban J connectivity index is 1.95. The molecule has 1 aromatic rings. The lowest BCUT2D eigenvalue weighted by molar-refractivity contribution is 0.258. The predicted octanol–water partition coefficient (Wildman–Crippen LogP) is 2.57. The van der Waals surface area contributed by atoms with Gasteiger partial charge in [0.2, 0.25) is 0 Å². The van der Waals surface area contributed by atoms with Crippen LogP contribution in [0.4, 0.5) is 0 Å². The van der Waals surface area contributed by atoms with Gasteiger partial charge in [-0.1, -0.05) is 11.6 Å². The second-order valence-corrected chi connectivity index (χ2v) is 5.78. The van der Waals surface area contributed by atoms with Crippen LogP contribution in [0.5, 0.6) is 0 Å². The van der Waals surface area contributed by atoms with Gasteiger partial charge in [0.1, 0.15) is 0 Å². The average Bonchev–Trinajstić information content (AvgIpc) is 2.75. The SMILES string of the molecule is CC1CC(CN)CN1Cc1cc(Cl)cs1. The van der Waals surface area contributed by atoms with Crippen molar-refractivity contribution in [1.29, 1.82) is 0 Å². The maximum absolute atomic E-state index is 5.91. The zero-order chi connectivity index (χ0) is 10.8. The third-order valence-corrected chi connectivity index (χ3v) is 4.37. The van der Waals surface area contributed by atoms with Gasteiger partial charge in [-0.2, -0.15) is 0 Å². The Labute approximate surface area is 100 Å². The molecule has 0 aromatic carbocycles. The maximum Gasteiger partial charge on any atom is 0.0516 e. The van der Waals surface area contributed by atoms with Gasteiger partial charge in [-0.3, -0.25) is 4.90 Å². The number of hydrogen-bond donors (Lipinski definition) is 1. The Bertz CT molecular complexity index is 326. The monoisotopic (exact) mass is 244 g/mol. The molecule has 0 aliphatic carbocycles. The average molecular weight is 245 g/mol. The van der Waals surface area contributed by atoms with Crippen molar-refractivity contribution < 1.29 is 0 Å². The first-order valence-corrected chi connectivity index (χ1v) is 6.62. The smallest absolute Gasteiger partial charge is 0.0516 e. The van der Waals surface area contributed by atoms with Crippen molar-refractivity contribution in [2.75, 3.05) is 13.1 Å². The summed E-state index contributed by atoms with van der Waals surface area (Å²) in [7, 11) is 0. The lowest BCUT2D eigenvalue weighted by atomic mass is 10.1. The van der Waals surface area contributed by atoms with E-state index >= 15 is 0 Å². The quantitative estimate of drug-likeness (QED) is 0.886. The summed E-state index contributed by atoms with van der Waals surface area (Å²) in [4.78, 5) is 3.85. The minimum atomic E-state index is 0.652. The maximum atomic E-state index is 5.91. The Morgan fingerprint density at radius 1 is 1.67 bits per heavy atom. The third kappa shape index (κ3) is 2.72. The molecule has 0 radical (unpaired) electrons. The van der Waals surface area contributed by atoms with Crippen LogP contribution < -0.4 is 5.73 Å². The second-order valence-electron chi connectivity index (χ2n) is 4.35. The zero-order valence-corrected chi connectivity index (χ0v) is 10.5. The fourth-order valence-corrected chi connectivity index (χ4v) is 3.34. The topological polar surface area (TPSA) is 29.3 Å². The first-order chi connectivity index (χ1) is 7.19. The van der Waals surface area contributed by atoms with E-state index in [4.69, 9.17) is 17.3 Å². The Kier molecular flexibility index (Phi) is 3.67. The van der Waals surface area contributed by atoms with E-state index in [-0.39, 0.29) is 0 Å². The van der Waals surface area contributed by atoms with E-state index in [9.17, 15) is 0 Å². The summed E-state index contributed by atoms with van der Waals surface area (Å²) < 4.78 is 0. The molecule has 2 N–H and O–H groups in total. The minimum absolute atomic E-state index is 0.652. The Morgan fingerprint density at radius 3 is 3.00 bits per heavy atom. The van der Waals surface area contributed by atoms with Crippen molar-refractivity contribution in [2.45, 2.75) is 25.9 Å². The van der Waals surface area contributed by atoms with Crippen LogP contribution in [-0.4, -0.2) is 24.0 Å². The highest BCUT2D eigenvalue weighted by molar-refractivity contribution is 7.10. The first-order valence-electron chi connectivity index (χ1n) is 5.36. The van der Waals surface area contributed by atoms with E-state index in [1.807, 2.05) is 5.38 Å². The second kappa shape index (κ2) is 4.83. The molecule has 2 rings (SSSR count). The van der Waals surface area contributed by atoms with Crippen molar-refractivity contribution in [1.82, 2.24) is 4.90 Å². The number of halogens is 1. The normalized spacial score (nSPS) is 27.4. The van der Waals surface area contributed by atoms with E-state index in [0.29, 0.717) is 12.0 Å². The summed E-state index contributed by atoms with van der Waals surface area (Å²) in [5.74, 6) is 0.676. The van der Waals surface area contributed by atoms with Gasteiger partial charge < -0.3 is 5.73 Å². The fourth-order valence-electron chi connectivity index (χ4n) is 2.25. The van der Waals surface area contributed by atoms with Gasteiger partial charge in [-0.25, -0.2) is 0 Å². The highest BCUT2D eigenvalue weighted by Gasteiger charge is 2.27. The molecule has 0 spiro atoms. The number of thiophene rings is 1. The molecule has 1 aliphatic heterocycles. The number of rotatable bonds is 3.